The van der Waals surface area contributed by atoms with Crippen LogP contribution in [0.4, 0.5) is 0 Å². The van der Waals surface area contributed by atoms with Crippen LogP contribution in [0.3, 0.4) is 0 Å². The van der Waals surface area contributed by atoms with E-state index in [0.717, 1.165) is 18.4 Å². The van der Waals surface area contributed by atoms with E-state index >= 15 is 0 Å². The van der Waals surface area contributed by atoms with Crippen molar-refractivity contribution in [2.24, 2.45) is 5.10 Å². The van der Waals surface area contributed by atoms with Crippen LogP contribution in [0.2, 0.25) is 0 Å². The third-order valence-electron chi connectivity index (χ3n) is 4.27. The second kappa shape index (κ2) is 12.7. The smallest absolute Gasteiger partial charge is 0.262 e. The van der Waals surface area contributed by atoms with Crippen molar-refractivity contribution in [3.63, 3.8) is 0 Å². The molecule has 0 bridgehead atoms. The number of nitrogens with one attached hydrogen (secondary N) is 2. The third-order valence-corrected chi connectivity index (χ3v) is 4.96. The number of ether oxygens (including phenoxy) is 2. The first kappa shape index (κ1) is 24.4. The van der Waals surface area contributed by atoms with Crippen LogP contribution in [0.15, 0.2) is 52.0 Å². The number of rotatable bonds is 11. The summed E-state index contributed by atoms with van der Waals surface area (Å²) in [5.41, 5.74) is 3.64. The summed E-state index contributed by atoms with van der Waals surface area (Å²) in [4.78, 5) is 24.6. The molecule has 31 heavy (non-hydrogen) atoms. The summed E-state index contributed by atoms with van der Waals surface area (Å²) in [6.07, 6.45) is 3.53. The minimum Gasteiger partial charge on any atom is -0.490 e. The number of carbonyl (C=O) groups is 2. The highest BCUT2D eigenvalue weighted by atomic mass is 79.9. The number of amides is 2. The van der Waals surface area contributed by atoms with Gasteiger partial charge in [-0.05, 0) is 72.1 Å². The van der Waals surface area contributed by atoms with E-state index in [0.29, 0.717) is 34.7 Å². The first-order chi connectivity index (χ1) is 15.0. The molecule has 0 aliphatic heterocycles. The highest BCUT2D eigenvalue weighted by Gasteiger charge is 2.17. The van der Waals surface area contributed by atoms with Gasteiger partial charge in [0.25, 0.3) is 11.8 Å². The molecule has 166 valence electrons. The monoisotopic (exact) mass is 489 g/mol. The summed E-state index contributed by atoms with van der Waals surface area (Å²) >= 11 is 3.33. The van der Waals surface area contributed by atoms with E-state index in [9.17, 15) is 9.59 Å². The number of carbonyl (C=O) groups excluding carboxylic acids is 2. The number of halogens is 1. The Morgan fingerprint density at radius 2 is 1.90 bits per heavy atom. The first-order valence-corrected chi connectivity index (χ1v) is 11.0. The van der Waals surface area contributed by atoms with Crippen molar-refractivity contribution in [2.75, 3.05) is 13.2 Å². The molecular weight excluding hydrogens is 462 g/mol. The van der Waals surface area contributed by atoms with Crippen LogP contribution in [0, 0.1) is 0 Å². The highest BCUT2D eigenvalue weighted by molar-refractivity contribution is 9.10. The van der Waals surface area contributed by atoms with Crippen molar-refractivity contribution in [1.82, 2.24) is 10.7 Å². The van der Waals surface area contributed by atoms with Gasteiger partial charge in [-0.3, -0.25) is 9.59 Å². The summed E-state index contributed by atoms with van der Waals surface area (Å²) in [7, 11) is 0. The number of hydrazone groups is 1. The van der Waals surface area contributed by atoms with Crippen LogP contribution in [0.5, 0.6) is 11.5 Å². The van der Waals surface area contributed by atoms with Crippen molar-refractivity contribution >= 4 is 34.0 Å². The molecule has 8 heteroatoms. The molecule has 0 saturated heterocycles. The number of hydrogen-bond donors (Lipinski definition) is 2. The van der Waals surface area contributed by atoms with E-state index in [1.54, 1.807) is 31.2 Å². The molecule has 2 aromatic rings. The average Bonchev–Trinajstić information content (AvgIpc) is 2.75. The van der Waals surface area contributed by atoms with Crippen molar-refractivity contribution in [2.45, 2.75) is 39.7 Å². The Morgan fingerprint density at radius 1 is 1.13 bits per heavy atom. The summed E-state index contributed by atoms with van der Waals surface area (Å²) in [6.45, 7) is 6.74. The number of nitrogens with zero attached hydrogens (tertiary/aromatic N) is 1. The van der Waals surface area contributed by atoms with E-state index in [1.807, 2.05) is 25.1 Å². The molecular formula is C23H28BrN3O4. The number of hydrogen-bond acceptors (Lipinski definition) is 5. The Kier molecular flexibility index (Phi) is 10.0. The summed E-state index contributed by atoms with van der Waals surface area (Å²) in [5, 5.41) is 6.64. The van der Waals surface area contributed by atoms with E-state index < -0.39 is 11.9 Å². The Labute approximate surface area is 191 Å². The van der Waals surface area contributed by atoms with Crippen molar-refractivity contribution in [3.05, 3.63) is 58.1 Å². The molecule has 0 spiro atoms. The summed E-state index contributed by atoms with van der Waals surface area (Å²) in [5.74, 6) is 0.531. The Hall–Kier alpha value is -2.87. The van der Waals surface area contributed by atoms with Crippen molar-refractivity contribution < 1.29 is 19.1 Å². The lowest BCUT2D eigenvalue weighted by Crippen LogP contribution is -2.43. The van der Waals surface area contributed by atoms with Gasteiger partial charge in [0.2, 0.25) is 0 Å². The quantitative estimate of drug-likeness (QED) is 0.279. The second-order valence-electron chi connectivity index (χ2n) is 6.75. The number of benzene rings is 2. The van der Waals surface area contributed by atoms with Gasteiger partial charge in [0, 0.05) is 4.47 Å². The maximum atomic E-state index is 12.3. The average molecular weight is 490 g/mol. The Bertz CT molecular complexity index is 917. The second-order valence-corrected chi connectivity index (χ2v) is 7.60. The van der Waals surface area contributed by atoms with Crippen LogP contribution in [0.1, 0.15) is 49.5 Å². The molecule has 0 aliphatic rings. The molecule has 0 saturated carbocycles. The maximum absolute atomic E-state index is 12.3. The molecule has 0 fully saturated rings. The standard InChI is InChI=1S/C23H28BrN3O4/c1-4-6-13-31-20-12-11-17(14-21(20)30-5-2)15-25-27-22(28)16(3)26-23(29)18-9-7-8-10-19(18)24/h7-12,14-16H,4-6,13H2,1-3H3,(H,26,29)(H,27,28). The zero-order valence-corrected chi connectivity index (χ0v) is 19.6. The zero-order chi connectivity index (χ0) is 22.6. The largest absolute Gasteiger partial charge is 0.490 e. The minimum absolute atomic E-state index is 0.348. The van der Waals surface area contributed by atoms with Crippen LogP contribution in [-0.4, -0.2) is 37.3 Å². The fraction of sp³-hybridized carbons (Fsp3) is 0.348. The SMILES string of the molecule is CCCCOc1ccc(C=NNC(=O)C(C)NC(=O)c2ccccc2Br)cc1OCC. The molecule has 0 aliphatic carbocycles. The van der Waals surface area contributed by atoms with Gasteiger partial charge in [0.15, 0.2) is 11.5 Å². The molecule has 0 heterocycles. The molecule has 0 radical (unpaired) electrons. The maximum Gasteiger partial charge on any atom is 0.262 e. The lowest BCUT2D eigenvalue weighted by molar-refractivity contribution is -0.122. The van der Waals surface area contributed by atoms with Gasteiger partial charge < -0.3 is 14.8 Å². The van der Waals surface area contributed by atoms with Crippen LogP contribution in [-0.2, 0) is 4.79 Å². The first-order valence-electron chi connectivity index (χ1n) is 10.2. The van der Waals surface area contributed by atoms with Gasteiger partial charge >= 0.3 is 0 Å². The molecule has 2 rings (SSSR count). The molecule has 1 atom stereocenters. The molecule has 1 unspecified atom stereocenters. The topological polar surface area (TPSA) is 89.0 Å². The lowest BCUT2D eigenvalue weighted by atomic mass is 10.2. The predicted molar refractivity (Wildman–Crippen MR) is 125 cm³/mol. The molecule has 0 aromatic heterocycles. The van der Waals surface area contributed by atoms with Gasteiger partial charge in [-0.25, -0.2) is 5.43 Å². The highest BCUT2D eigenvalue weighted by Crippen LogP contribution is 2.28. The third kappa shape index (κ3) is 7.71. The van der Waals surface area contributed by atoms with Gasteiger partial charge in [-0.15, -0.1) is 0 Å². The van der Waals surface area contributed by atoms with Gasteiger partial charge in [0.1, 0.15) is 6.04 Å². The Balaban J connectivity index is 1.94. The zero-order valence-electron chi connectivity index (χ0n) is 18.0. The normalized spacial score (nSPS) is 11.7. The summed E-state index contributed by atoms with van der Waals surface area (Å²) in [6, 6.07) is 11.7. The van der Waals surface area contributed by atoms with Gasteiger partial charge in [0.05, 0.1) is 25.0 Å². The summed E-state index contributed by atoms with van der Waals surface area (Å²) < 4.78 is 12.1. The van der Waals surface area contributed by atoms with Gasteiger partial charge in [-0.1, -0.05) is 25.5 Å². The Morgan fingerprint density at radius 3 is 2.61 bits per heavy atom. The molecule has 2 N–H and O–H groups in total. The van der Waals surface area contributed by atoms with E-state index in [2.05, 4.69) is 38.7 Å². The van der Waals surface area contributed by atoms with Crippen LogP contribution >= 0.6 is 15.9 Å². The molecule has 7 nitrogen and oxygen atoms in total. The van der Waals surface area contributed by atoms with E-state index in [1.165, 1.54) is 6.21 Å². The van der Waals surface area contributed by atoms with Gasteiger partial charge in [-0.2, -0.15) is 5.10 Å². The fourth-order valence-corrected chi connectivity index (χ4v) is 3.04. The minimum atomic E-state index is -0.759. The lowest BCUT2D eigenvalue weighted by Gasteiger charge is -2.13. The molecule has 2 aromatic carbocycles. The fourth-order valence-electron chi connectivity index (χ4n) is 2.57. The molecule has 2 amide bonds. The number of unbranched alkanes of at least 4 members (excludes halogenated alkanes) is 1. The predicted octanol–water partition coefficient (Wildman–Crippen LogP) is 4.30. The van der Waals surface area contributed by atoms with E-state index in [4.69, 9.17) is 9.47 Å². The van der Waals surface area contributed by atoms with Crippen molar-refractivity contribution in [1.29, 1.82) is 0 Å². The van der Waals surface area contributed by atoms with E-state index in [-0.39, 0.29) is 5.91 Å². The van der Waals surface area contributed by atoms with Crippen LogP contribution in [0.25, 0.3) is 0 Å². The van der Waals surface area contributed by atoms with Crippen molar-refractivity contribution in [3.8, 4) is 11.5 Å². The van der Waals surface area contributed by atoms with Crippen LogP contribution < -0.4 is 20.2 Å².